The molecule has 1 saturated heterocycles. The fourth-order valence-corrected chi connectivity index (χ4v) is 3.43. The van der Waals surface area contributed by atoms with Crippen molar-refractivity contribution in [3.8, 4) is 0 Å². The van der Waals surface area contributed by atoms with E-state index in [2.05, 4.69) is 4.90 Å². The maximum atomic E-state index is 13.9. The van der Waals surface area contributed by atoms with E-state index in [9.17, 15) is 9.18 Å². The highest BCUT2D eigenvalue weighted by atomic mass is 19.1. The van der Waals surface area contributed by atoms with Crippen LogP contribution >= 0.6 is 0 Å². The molecule has 0 aliphatic carbocycles. The number of rotatable bonds is 5. The average molecular weight is 355 g/mol. The highest BCUT2D eigenvalue weighted by molar-refractivity contribution is 5.77. The predicted molar refractivity (Wildman–Crippen MR) is 101 cm³/mol. The summed E-state index contributed by atoms with van der Waals surface area (Å²) >= 11 is 0. The zero-order chi connectivity index (χ0) is 18.5. The Bertz CT molecular complexity index is 762. The minimum absolute atomic E-state index is 0.131. The summed E-state index contributed by atoms with van der Waals surface area (Å²) < 4.78 is 13.9. The van der Waals surface area contributed by atoms with Crippen LogP contribution in [0.3, 0.4) is 0 Å². The lowest BCUT2D eigenvalue weighted by Gasteiger charge is -2.32. The van der Waals surface area contributed by atoms with Crippen molar-refractivity contribution in [3.63, 3.8) is 0 Å². The third-order valence-electron chi connectivity index (χ3n) is 4.94. The number of piperidine rings is 1. The second-order valence-electron chi connectivity index (χ2n) is 7.18. The maximum Gasteiger partial charge on any atom is 0.236 e. The Morgan fingerprint density at radius 3 is 2.81 bits per heavy atom. The van der Waals surface area contributed by atoms with E-state index in [0.29, 0.717) is 24.4 Å². The zero-order valence-electron chi connectivity index (χ0n) is 15.5. The molecule has 0 spiro atoms. The number of pyridine rings is 1. The number of likely N-dealkylation sites (tertiary alicyclic amines) is 1. The number of hydrogen-bond acceptors (Lipinski definition) is 3. The third-order valence-corrected chi connectivity index (χ3v) is 4.94. The van der Waals surface area contributed by atoms with Gasteiger partial charge in [-0.2, -0.15) is 0 Å². The first kappa shape index (κ1) is 18.5. The number of hydrogen-bond donors (Lipinski definition) is 0. The monoisotopic (exact) mass is 355 g/mol. The van der Waals surface area contributed by atoms with Crippen molar-refractivity contribution in [1.29, 1.82) is 0 Å². The summed E-state index contributed by atoms with van der Waals surface area (Å²) in [5.74, 6) is 0.261. The van der Waals surface area contributed by atoms with Crippen LogP contribution in [-0.2, 0) is 11.2 Å². The highest BCUT2D eigenvalue weighted by Gasteiger charge is 2.24. The topological polar surface area (TPSA) is 36.4 Å². The van der Waals surface area contributed by atoms with E-state index in [4.69, 9.17) is 4.98 Å². The molecule has 1 unspecified atom stereocenters. The van der Waals surface area contributed by atoms with Gasteiger partial charge in [-0.3, -0.25) is 14.7 Å². The number of nitrogens with zero attached hydrogens (tertiary/aromatic N) is 3. The predicted octanol–water partition coefficient (Wildman–Crippen LogP) is 3.08. The largest absolute Gasteiger partial charge is 0.348 e. The molecule has 1 atom stereocenters. The smallest absolute Gasteiger partial charge is 0.236 e. The molecule has 1 aliphatic rings. The van der Waals surface area contributed by atoms with Crippen LogP contribution in [0.1, 0.15) is 35.7 Å². The van der Waals surface area contributed by atoms with Crippen LogP contribution < -0.4 is 0 Å². The first-order chi connectivity index (χ1) is 12.5. The van der Waals surface area contributed by atoms with E-state index in [1.807, 2.05) is 24.3 Å². The van der Waals surface area contributed by atoms with Crippen molar-refractivity contribution >= 4 is 5.91 Å². The van der Waals surface area contributed by atoms with Gasteiger partial charge < -0.3 is 4.90 Å². The quantitative estimate of drug-likeness (QED) is 0.827. The van der Waals surface area contributed by atoms with E-state index in [1.54, 1.807) is 31.1 Å². The molecule has 1 aliphatic heterocycles. The van der Waals surface area contributed by atoms with Crippen LogP contribution in [-0.4, -0.2) is 54.4 Å². The molecule has 1 fully saturated rings. The van der Waals surface area contributed by atoms with Gasteiger partial charge in [0.25, 0.3) is 0 Å². The first-order valence-corrected chi connectivity index (χ1v) is 9.14. The summed E-state index contributed by atoms with van der Waals surface area (Å²) in [6.07, 6.45) is 2.63. The van der Waals surface area contributed by atoms with Gasteiger partial charge in [0.05, 0.1) is 6.54 Å². The first-order valence-electron chi connectivity index (χ1n) is 9.14. The maximum absolute atomic E-state index is 13.9. The zero-order valence-corrected chi connectivity index (χ0v) is 15.5. The van der Waals surface area contributed by atoms with Crippen LogP contribution in [0.5, 0.6) is 0 Å². The van der Waals surface area contributed by atoms with Crippen molar-refractivity contribution in [3.05, 3.63) is 65.2 Å². The lowest BCUT2D eigenvalue weighted by molar-refractivity contribution is -0.130. The SMILES string of the molecule is CN(C)C(=O)CN1CCCC(c2cccc(Cc3ccccc3F)n2)C1. The summed E-state index contributed by atoms with van der Waals surface area (Å²) in [5.41, 5.74) is 2.59. The molecule has 0 saturated carbocycles. The Morgan fingerprint density at radius 2 is 2.04 bits per heavy atom. The highest BCUT2D eigenvalue weighted by Crippen LogP contribution is 2.26. The second kappa shape index (κ2) is 8.41. The molecule has 5 heteroatoms. The van der Waals surface area contributed by atoms with E-state index in [1.165, 1.54) is 6.07 Å². The van der Waals surface area contributed by atoms with Crippen molar-refractivity contribution in [2.45, 2.75) is 25.2 Å². The molecule has 1 aromatic carbocycles. The number of amides is 1. The molecular formula is C21H26FN3O. The van der Waals surface area contributed by atoms with Crippen molar-refractivity contribution in [2.24, 2.45) is 0 Å². The number of aromatic nitrogens is 1. The normalized spacial score (nSPS) is 17.9. The van der Waals surface area contributed by atoms with Gasteiger partial charge in [0.15, 0.2) is 0 Å². The van der Waals surface area contributed by atoms with Crippen molar-refractivity contribution in [2.75, 3.05) is 33.7 Å². The number of carbonyl (C=O) groups excluding carboxylic acids is 1. The molecule has 2 aromatic rings. The molecular weight excluding hydrogens is 329 g/mol. The summed E-state index contributed by atoms with van der Waals surface area (Å²) in [5, 5.41) is 0. The lowest BCUT2D eigenvalue weighted by Crippen LogP contribution is -2.41. The van der Waals surface area contributed by atoms with Crippen LogP contribution in [0.2, 0.25) is 0 Å². The molecule has 2 heterocycles. The number of benzene rings is 1. The van der Waals surface area contributed by atoms with Crippen LogP contribution in [0.25, 0.3) is 0 Å². The van der Waals surface area contributed by atoms with Gasteiger partial charge >= 0.3 is 0 Å². The van der Waals surface area contributed by atoms with E-state index in [0.717, 1.165) is 37.3 Å². The molecule has 0 N–H and O–H groups in total. The Balaban J connectivity index is 1.69. The number of carbonyl (C=O) groups is 1. The van der Waals surface area contributed by atoms with Gasteiger partial charge in [-0.05, 0) is 43.1 Å². The minimum atomic E-state index is -0.189. The summed E-state index contributed by atoms with van der Waals surface area (Å²) in [6.45, 7) is 2.25. The van der Waals surface area contributed by atoms with E-state index >= 15 is 0 Å². The summed E-state index contributed by atoms with van der Waals surface area (Å²) in [7, 11) is 3.58. The van der Waals surface area contributed by atoms with E-state index in [-0.39, 0.29) is 11.7 Å². The van der Waals surface area contributed by atoms with Crippen LogP contribution in [0.4, 0.5) is 4.39 Å². The molecule has 4 nitrogen and oxygen atoms in total. The molecule has 1 aromatic heterocycles. The standard InChI is InChI=1S/C21H26FN3O/c1-24(2)21(26)15-25-12-6-8-17(14-25)20-11-5-9-18(23-20)13-16-7-3-4-10-19(16)22/h3-5,7,9-11,17H,6,8,12-15H2,1-2H3. The van der Waals surface area contributed by atoms with Gasteiger partial charge in [-0.1, -0.05) is 24.3 Å². The fraction of sp³-hybridized carbons (Fsp3) is 0.429. The van der Waals surface area contributed by atoms with Gasteiger partial charge in [0.2, 0.25) is 5.91 Å². The Kier molecular flexibility index (Phi) is 5.99. The van der Waals surface area contributed by atoms with Crippen LogP contribution in [0, 0.1) is 5.82 Å². The number of halogens is 1. The van der Waals surface area contributed by atoms with Crippen molar-refractivity contribution < 1.29 is 9.18 Å². The average Bonchev–Trinajstić information content (AvgIpc) is 2.64. The van der Waals surface area contributed by atoms with Crippen LogP contribution in [0.15, 0.2) is 42.5 Å². The fourth-order valence-electron chi connectivity index (χ4n) is 3.43. The Morgan fingerprint density at radius 1 is 1.23 bits per heavy atom. The van der Waals surface area contributed by atoms with Crippen molar-refractivity contribution in [1.82, 2.24) is 14.8 Å². The molecule has 26 heavy (non-hydrogen) atoms. The van der Waals surface area contributed by atoms with Gasteiger partial charge in [0, 0.05) is 44.4 Å². The molecule has 3 rings (SSSR count). The lowest BCUT2D eigenvalue weighted by atomic mass is 9.94. The second-order valence-corrected chi connectivity index (χ2v) is 7.18. The molecule has 1 amide bonds. The van der Waals surface area contributed by atoms with E-state index < -0.39 is 0 Å². The summed E-state index contributed by atoms with van der Waals surface area (Å²) in [4.78, 5) is 20.6. The Hall–Kier alpha value is -2.27. The Labute approximate surface area is 154 Å². The minimum Gasteiger partial charge on any atom is -0.348 e. The molecule has 0 bridgehead atoms. The summed E-state index contributed by atoms with van der Waals surface area (Å²) in [6, 6.07) is 12.8. The van der Waals surface area contributed by atoms with Gasteiger partial charge in [0.1, 0.15) is 5.82 Å². The number of likely N-dealkylation sites (N-methyl/N-ethyl adjacent to an activating group) is 1. The molecule has 138 valence electrons. The van der Waals surface area contributed by atoms with Gasteiger partial charge in [-0.25, -0.2) is 4.39 Å². The molecule has 0 radical (unpaired) electrons. The van der Waals surface area contributed by atoms with Gasteiger partial charge in [-0.15, -0.1) is 0 Å². The third kappa shape index (κ3) is 4.67.